The summed E-state index contributed by atoms with van der Waals surface area (Å²) in [5, 5.41) is 2.96. The Morgan fingerprint density at radius 1 is 1.32 bits per heavy atom. The first-order valence-corrected chi connectivity index (χ1v) is 7.74. The molecule has 0 aromatic heterocycles. The van der Waals surface area contributed by atoms with Gasteiger partial charge in [0, 0.05) is 26.1 Å². The third kappa shape index (κ3) is 5.05. The molecular formula is C16H24FN3O2. The van der Waals surface area contributed by atoms with Crippen LogP contribution in [-0.2, 0) is 9.53 Å². The normalized spacial score (nSPS) is 17.2. The highest BCUT2D eigenvalue weighted by Crippen LogP contribution is 2.21. The minimum absolute atomic E-state index is 0.00539. The summed E-state index contributed by atoms with van der Waals surface area (Å²) in [6.07, 6.45) is 1.13. The fraction of sp³-hybridized carbons (Fsp3) is 0.562. The van der Waals surface area contributed by atoms with Gasteiger partial charge < -0.3 is 15.8 Å². The van der Waals surface area contributed by atoms with Crippen molar-refractivity contribution < 1.29 is 13.9 Å². The first kappa shape index (κ1) is 16.9. The summed E-state index contributed by atoms with van der Waals surface area (Å²) in [5.74, 6) is -0.248. The Labute approximate surface area is 130 Å². The SMILES string of the molecule is NCCCC(=O)NCC(c1ccc(F)cc1)N1CCOCC1. The third-order valence-corrected chi connectivity index (χ3v) is 3.84. The van der Waals surface area contributed by atoms with Crippen LogP contribution in [0, 0.1) is 5.82 Å². The number of morpholine rings is 1. The van der Waals surface area contributed by atoms with Crippen LogP contribution < -0.4 is 11.1 Å². The monoisotopic (exact) mass is 309 g/mol. The molecule has 22 heavy (non-hydrogen) atoms. The number of rotatable bonds is 7. The third-order valence-electron chi connectivity index (χ3n) is 3.84. The van der Waals surface area contributed by atoms with Crippen molar-refractivity contribution in [2.75, 3.05) is 39.4 Å². The largest absolute Gasteiger partial charge is 0.379 e. The van der Waals surface area contributed by atoms with Gasteiger partial charge in [0.25, 0.3) is 0 Å². The predicted molar refractivity (Wildman–Crippen MR) is 82.8 cm³/mol. The van der Waals surface area contributed by atoms with Gasteiger partial charge in [-0.05, 0) is 30.7 Å². The zero-order chi connectivity index (χ0) is 15.8. The van der Waals surface area contributed by atoms with Crippen molar-refractivity contribution in [3.8, 4) is 0 Å². The zero-order valence-corrected chi connectivity index (χ0v) is 12.8. The topological polar surface area (TPSA) is 67.6 Å². The number of nitrogens with two attached hydrogens (primary N) is 1. The molecule has 1 atom stereocenters. The first-order chi connectivity index (χ1) is 10.7. The van der Waals surface area contributed by atoms with Gasteiger partial charge in [-0.3, -0.25) is 9.69 Å². The molecule has 1 aliphatic rings. The van der Waals surface area contributed by atoms with Crippen molar-refractivity contribution in [1.29, 1.82) is 0 Å². The van der Waals surface area contributed by atoms with Gasteiger partial charge in [0.2, 0.25) is 5.91 Å². The van der Waals surface area contributed by atoms with E-state index in [1.165, 1.54) is 12.1 Å². The predicted octanol–water partition coefficient (Wildman–Crippen LogP) is 1.05. The van der Waals surface area contributed by atoms with E-state index >= 15 is 0 Å². The van der Waals surface area contributed by atoms with E-state index in [9.17, 15) is 9.18 Å². The van der Waals surface area contributed by atoms with Crippen LogP contribution in [0.5, 0.6) is 0 Å². The highest BCUT2D eigenvalue weighted by atomic mass is 19.1. The van der Waals surface area contributed by atoms with Gasteiger partial charge in [-0.1, -0.05) is 12.1 Å². The van der Waals surface area contributed by atoms with Gasteiger partial charge in [0.1, 0.15) is 5.82 Å². The number of amides is 1. The number of halogens is 1. The summed E-state index contributed by atoms with van der Waals surface area (Å²) >= 11 is 0. The number of benzene rings is 1. The molecule has 0 spiro atoms. The summed E-state index contributed by atoms with van der Waals surface area (Å²) in [6, 6.07) is 6.51. The summed E-state index contributed by atoms with van der Waals surface area (Å²) in [5.41, 5.74) is 6.42. The minimum atomic E-state index is -0.253. The molecule has 0 bridgehead atoms. The van der Waals surface area contributed by atoms with E-state index in [1.807, 2.05) is 0 Å². The molecule has 122 valence electrons. The molecule has 5 nitrogen and oxygen atoms in total. The van der Waals surface area contributed by atoms with Crippen LogP contribution in [0.3, 0.4) is 0 Å². The smallest absolute Gasteiger partial charge is 0.220 e. The molecule has 0 saturated carbocycles. The van der Waals surface area contributed by atoms with E-state index < -0.39 is 0 Å². The number of nitrogens with one attached hydrogen (secondary N) is 1. The number of nitrogens with zero attached hydrogens (tertiary/aromatic N) is 1. The van der Waals surface area contributed by atoms with E-state index in [4.69, 9.17) is 10.5 Å². The Bertz CT molecular complexity index is 461. The molecule has 1 fully saturated rings. The van der Waals surface area contributed by atoms with Gasteiger partial charge >= 0.3 is 0 Å². The van der Waals surface area contributed by atoms with E-state index in [0.29, 0.717) is 39.1 Å². The lowest BCUT2D eigenvalue weighted by Crippen LogP contribution is -2.43. The molecule has 0 aliphatic carbocycles. The second-order valence-electron chi connectivity index (χ2n) is 5.41. The van der Waals surface area contributed by atoms with E-state index in [1.54, 1.807) is 12.1 Å². The summed E-state index contributed by atoms with van der Waals surface area (Å²) in [7, 11) is 0. The number of hydrogen-bond acceptors (Lipinski definition) is 4. The second kappa shape index (κ2) is 8.82. The standard InChI is InChI=1S/C16H24FN3O2/c17-14-5-3-13(4-6-14)15(20-8-10-22-11-9-20)12-19-16(21)2-1-7-18/h3-6,15H,1-2,7-12,18H2,(H,19,21). The molecule has 6 heteroatoms. The lowest BCUT2D eigenvalue weighted by Gasteiger charge is -2.35. The van der Waals surface area contributed by atoms with Gasteiger partial charge in [-0.2, -0.15) is 0 Å². The van der Waals surface area contributed by atoms with Crippen LogP contribution in [0.15, 0.2) is 24.3 Å². The fourth-order valence-corrected chi connectivity index (χ4v) is 2.59. The summed E-state index contributed by atoms with van der Waals surface area (Å²) < 4.78 is 18.5. The van der Waals surface area contributed by atoms with E-state index in [-0.39, 0.29) is 17.8 Å². The fourth-order valence-electron chi connectivity index (χ4n) is 2.59. The molecule has 1 aliphatic heterocycles. The highest BCUT2D eigenvalue weighted by molar-refractivity contribution is 5.75. The van der Waals surface area contributed by atoms with Crippen LogP contribution in [0.2, 0.25) is 0 Å². The van der Waals surface area contributed by atoms with E-state index in [2.05, 4.69) is 10.2 Å². The van der Waals surface area contributed by atoms with Crippen molar-refractivity contribution in [3.05, 3.63) is 35.6 Å². The Hall–Kier alpha value is -1.50. The average molecular weight is 309 g/mol. The molecule has 1 aromatic rings. The first-order valence-electron chi connectivity index (χ1n) is 7.74. The number of carbonyl (C=O) groups is 1. The maximum Gasteiger partial charge on any atom is 0.220 e. The van der Waals surface area contributed by atoms with Crippen LogP contribution in [-0.4, -0.2) is 50.2 Å². The van der Waals surface area contributed by atoms with Gasteiger partial charge in [0.05, 0.1) is 19.3 Å². The summed E-state index contributed by atoms with van der Waals surface area (Å²) in [6.45, 7) is 3.99. The van der Waals surface area contributed by atoms with Crippen molar-refractivity contribution in [1.82, 2.24) is 10.2 Å². The van der Waals surface area contributed by atoms with Crippen molar-refractivity contribution >= 4 is 5.91 Å². The van der Waals surface area contributed by atoms with Gasteiger partial charge in [-0.15, -0.1) is 0 Å². The van der Waals surface area contributed by atoms with E-state index in [0.717, 1.165) is 18.7 Å². The number of hydrogen-bond donors (Lipinski definition) is 2. The minimum Gasteiger partial charge on any atom is -0.379 e. The van der Waals surface area contributed by atoms with Crippen molar-refractivity contribution in [2.45, 2.75) is 18.9 Å². The Morgan fingerprint density at radius 2 is 2.00 bits per heavy atom. The molecule has 1 amide bonds. The highest BCUT2D eigenvalue weighted by Gasteiger charge is 2.23. The second-order valence-corrected chi connectivity index (χ2v) is 5.41. The lowest BCUT2D eigenvalue weighted by molar-refractivity contribution is -0.121. The van der Waals surface area contributed by atoms with Crippen molar-refractivity contribution in [2.24, 2.45) is 5.73 Å². The van der Waals surface area contributed by atoms with Gasteiger partial charge in [-0.25, -0.2) is 4.39 Å². The van der Waals surface area contributed by atoms with Crippen molar-refractivity contribution in [3.63, 3.8) is 0 Å². The lowest BCUT2D eigenvalue weighted by atomic mass is 10.0. The summed E-state index contributed by atoms with van der Waals surface area (Å²) in [4.78, 5) is 14.1. The molecule has 1 heterocycles. The quantitative estimate of drug-likeness (QED) is 0.790. The molecule has 3 N–H and O–H groups in total. The van der Waals surface area contributed by atoms with Crippen LogP contribution in [0.1, 0.15) is 24.4 Å². The van der Waals surface area contributed by atoms with Gasteiger partial charge in [0.15, 0.2) is 0 Å². The van der Waals surface area contributed by atoms with Crippen LogP contribution in [0.4, 0.5) is 4.39 Å². The Kier molecular flexibility index (Phi) is 6.76. The number of carbonyl (C=O) groups excluding carboxylic acids is 1. The molecular weight excluding hydrogens is 285 g/mol. The molecule has 1 unspecified atom stereocenters. The molecule has 1 saturated heterocycles. The maximum absolute atomic E-state index is 13.1. The average Bonchev–Trinajstić information content (AvgIpc) is 2.55. The van der Waals surface area contributed by atoms with Crippen LogP contribution >= 0.6 is 0 Å². The maximum atomic E-state index is 13.1. The zero-order valence-electron chi connectivity index (χ0n) is 12.8. The number of ether oxygens (including phenoxy) is 1. The molecule has 0 radical (unpaired) electrons. The van der Waals surface area contributed by atoms with Crippen LogP contribution in [0.25, 0.3) is 0 Å². The molecule has 1 aromatic carbocycles. The molecule has 2 rings (SSSR count). The Morgan fingerprint density at radius 3 is 2.64 bits per heavy atom. The Balaban J connectivity index is 2.01.